The Morgan fingerprint density at radius 1 is 1.20 bits per heavy atom. The second-order valence-corrected chi connectivity index (χ2v) is 3.54. The number of hydrogen-bond donors (Lipinski definition) is 1. The number of aryl methyl sites for hydroxylation is 2. The van der Waals surface area contributed by atoms with Gasteiger partial charge in [0.15, 0.2) is 0 Å². The van der Waals surface area contributed by atoms with E-state index in [0.29, 0.717) is 6.54 Å². The Kier molecular flexibility index (Phi) is 2.18. The maximum atomic E-state index is 5.83. The number of nitrogen functional groups attached to an aromatic ring is 1. The third kappa shape index (κ3) is 1.58. The van der Waals surface area contributed by atoms with Crippen LogP contribution in [0.15, 0.2) is 4.63 Å². The SMILES string of the molecule is Cc1nonc1Cn1nc(C)c(N)c1C. The van der Waals surface area contributed by atoms with Gasteiger partial charge in [-0.05, 0) is 20.8 Å². The van der Waals surface area contributed by atoms with E-state index in [1.54, 1.807) is 4.68 Å². The van der Waals surface area contributed by atoms with Crippen molar-refractivity contribution in [2.75, 3.05) is 5.73 Å². The molecule has 0 aromatic carbocycles. The smallest absolute Gasteiger partial charge is 0.129 e. The Bertz CT molecular complexity index is 485. The Labute approximate surface area is 87.0 Å². The van der Waals surface area contributed by atoms with Crippen LogP contribution in [-0.2, 0) is 6.54 Å². The molecule has 0 saturated carbocycles. The van der Waals surface area contributed by atoms with Gasteiger partial charge in [-0.3, -0.25) is 4.68 Å². The van der Waals surface area contributed by atoms with Crippen molar-refractivity contribution in [3.05, 3.63) is 22.8 Å². The monoisotopic (exact) mass is 207 g/mol. The summed E-state index contributed by atoms with van der Waals surface area (Å²) < 4.78 is 6.42. The molecule has 0 aliphatic heterocycles. The number of hydrogen-bond acceptors (Lipinski definition) is 5. The molecule has 0 fully saturated rings. The van der Waals surface area contributed by atoms with Crippen LogP contribution in [0, 0.1) is 20.8 Å². The summed E-state index contributed by atoms with van der Waals surface area (Å²) in [5.41, 5.74) is 9.88. The molecular weight excluding hydrogens is 194 g/mol. The molecule has 6 nitrogen and oxygen atoms in total. The Hall–Kier alpha value is -1.85. The van der Waals surface area contributed by atoms with E-state index in [1.165, 1.54) is 0 Å². The van der Waals surface area contributed by atoms with E-state index < -0.39 is 0 Å². The predicted octanol–water partition coefficient (Wildman–Crippen LogP) is 0.822. The number of nitrogens with two attached hydrogens (primary N) is 1. The first-order chi connectivity index (χ1) is 7.09. The van der Waals surface area contributed by atoms with Gasteiger partial charge in [0, 0.05) is 0 Å². The standard InChI is InChI=1S/C9H13N5O/c1-5-8(13-15-12-5)4-14-7(3)9(10)6(2)11-14/h4,10H2,1-3H3. The predicted molar refractivity (Wildman–Crippen MR) is 54.3 cm³/mol. The van der Waals surface area contributed by atoms with Crippen molar-refractivity contribution in [3.8, 4) is 0 Å². The van der Waals surface area contributed by atoms with E-state index in [0.717, 1.165) is 28.5 Å². The minimum atomic E-state index is 0.541. The third-order valence-corrected chi connectivity index (χ3v) is 2.48. The zero-order chi connectivity index (χ0) is 11.0. The van der Waals surface area contributed by atoms with E-state index >= 15 is 0 Å². The highest BCUT2D eigenvalue weighted by Crippen LogP contribution is 2.16. The Balaban J connectivity index is 2.33. The van der Waals surface area contributed by atoms with Gasteiger partial charge in [-0.15, -0.1) is 0 Å². The topological polar surface area (TPSA) is 82.8 Å². The van der Waals surface area contributed by atoms with E-state index in [1.807, 2.05) is 20.8 Å². The maximum absolute atomic E-state index is 5.83. The van der Waals surface area contributed by atoms with Crippen molar-refractivity contribution >= 4 is 5.69 Å². The van der Waals surface area contributed by atoms with Crippen molar-refractivity contribution in [2.24, 2.45) is 0 Å². The lowest BCUT2D eigenvalue weighted by atomic mass is 10.3. The summed E-state index contributed by atoms with van der Waals surface area (Å²) in [6.07, 6.45) is 0. The molecule has 0 spiro atoms. The van der Waals surface area contributed by atoms with Gasteiger partial charge in [0.2, 0.25) is 0 Å². The fourth-order valence-corrected chi connectivity index (χ4v) is 1.40. The molecule has 0 unspecified atom stereocenters. The lowest BCUT2D eigenvalue weighted by Gasteiger charge is -2.00. The molecule has 0 atom stereocenters. The average molecular weight is 207 g/mol. The summed E-state index contributed by atoms with van der Waals surface area (Å²) in [5.74, 6) is 0. The van der Waals surface area contributed by atoms with Gasteiger partial charge in [0.25, 0.3) is 0 Å². The average Bonchev–Trinajstić information content (AvgIpc) is 2.69. The van der Waals surface area contributed by atoms with E-state index in [9.17, 15) is 0 Å². The van der Waals surface area contributed by atoms with E-state index in [2.05, 4.69) is 20.0 Å². The fraction of sp³-hybridized carbons (Fsp3) is 0.444. The van der Waals surface area contributed by atoms with Crippen molar-refractivity contribution < 1.29 is 4.63 Å². The lowest BCUT2D eigenvalue weighted by molar-refractivity contribution is 0.300. The van der Waals surface area contributed by atoms with Crippen molar-refractivity contribution in [2.45, 2.75) is 27.3 Å². The third-order valence-electron chi connectivity index (χ3n) is 2.48. The number of rotatable bonds is 2. The molecule has 0 saturated heterocycles. The van der Waals surface area contributed by atoms with E-state index in [4.69, 9.17) is 5.73 Å². The van der Waals surface area contributed by atoms with Crippen LogP contribution < -0.4 is 5.73 Å². The first-order valence-corrected chi connectivity index (χ1v) is 4.67. The molecule has 6 heteroatoms. The number of anilines is 1. The van der Waals surface area contributed by atoms with Crippen LogP contribution in [-0.4, -0.2) is 20.1 Å². The molecule has 0 radical (unpaired) electrons. The zero-order valence-electron chi connectivity index (χ0n) is 8.98. The normalized spacial score (nSPS) is 10.9. The summed E-state index contributed by atoms with van der Waals surface area (Å²) in [5, 5.41) is 11.8. The first-order valence-electron chi connectivity index (χ1n) is 4.67. The summed E-state index contributed by atoms with van der Waals surface area (Å²) in [6, 6.07) is 0. The van der Waals surface area contributed by atoms with Crippen LogP contribution >= 0.6 is 0 Å². The number of nitrogens with zero attached hydrogens (tertiary/aromatic N) is 4. The van der Waals surface area contributed by atoms with Crippen LogP contribution in [0.1, 0.15) is 22.8 Å². The van der Waals surface area contributed by atoms with Crippen LogP contribution in [0.3, 0.4) is 0 Å². The van der Waals surface area contributed by atoms with Gasteiger partial charge in [0.05, 0.1) is 23.6 Å². The van der Waals surface area contributed by atoms with Gasteiger partial charge in [-0.25, -0.2) is 4.63 Å². The summed E-state index contributed by atoms with van der Waals surface area (Å²) >= 11 is 0. The number of aromatic nitrogens is 4. The lowest BCUT2D eigenvalue weighted by Crippen LogP contribution is -2.05. The van der Waals surface area contributed by atoms with Gasteiger partial charge < -0.3 is 5.73 Å². The Morgan fingerprint density at radius 2 is 1.93 bits per heavy atom. The van der Waals surface area contributed by atoms with Crippen molar-refractivity contribution in [3.63, 3.8) is 0 Å². The molecule has 2 aromatic heterocycles. The molecule has 2 heterocycles. The van der Waals surface area contributed by atoms with Gasteiger partial charge in [0.1, 0.15) is 11.4 Å². The fourth-order valence-electron chi connectivity index (χ4n) is 1.40. The highest BCUT2D eigenvalue weighted by molar-refractivity contribution is 5.46. The van der Waals surface area contributed by atoms with Crippen molar-refractivity contribution in [1.82, 2.24) is 20.1 Å². The summed E-state index contributed by atoms with van der Waals surface area (Å²) in [6.45, 7) is 6.20. The molecule has 2 rings (SSSR count). The molecular formula is C9H13N5O. The molecule has 80 valence electrons. The highest BCUT2D eigenvalue weighted by Gasteiger charge is 2.11. The molecule has 0 aliphatic carbocycles. The molecule has 0 aliphatic rings. The second-order valence-electron chi connectivity index (χ2n) is 3.54. The molecule has 0 amide bonds. The zero-order valence-corrected chi connectivity index (χ0v) is 8.98. The second kappa shape index (κ2) is 3.38. The maximum Gasteiger partial charge on any atom is 0.129 e. The molecule has 15 heavy (non-hydrogen) atoms. The molecule has 0 bridgehead atoms. The summed E-state index contributed by atoms with van der Waals surface area (Å²) in [4.78, 5) is 0. The van der Waals surface area contributed by atoms with Crippen LogP contribution in [0.4, 0.5) is 5.69 Å². The molecule has 2 N–H and O–H groups in total. The van der Waals surface area contributed by atoms with Gasteiger partial charge in [-0.2, -0.15) is 5.10 Å². The van der Waals surface area contributed by atoms with E-state index in [-0.39, 0.29) is 0 Å². The Morgan fingerprint density at radius 3 is 2.40 bits per heavy atom. The first kappa shape index (κ1) is 9.70. The van der Waals surface area contributed by atoms with Crippen LogP contribution in [0.2, 0.25) is 0 Å². The highest BCUT2D eigenvalue weighted by atomic mass is 16.6. The quantitative estimate of drug-likeness (QED) is 0.788. The minimum Gasteiger partial charge on any atom is -0.396 e. The van der Waals surface area contributed by atoms with Gasteiger partial charge >= 0.3 is 0 Å². The molecule has 2 aromatic rings. The van der Waals surface area contributed by atoms with Crippen LogP contribution in [0.25, 0.3) is 0 Å². The van der Waals surface area contributed by atoms with Gasteiger partial charge in [-0.1, -0.05) is 10.3 Å². The van der Waals surface area contributed by atoms with Crippen LogP contribution in [0.5, 0.6) is 0 Å². The van der Waals surface area contributed by atoms with Crippen molar-refractivity contribution in [1.29, 1.82) is 0 Å². The summed E-state index contributed by atoms with van der Waals surface area (Å²) in [7, 11) is 0. The minimum absolute atomic E-state index is 0.541. The largest absolute Gasteiger partial charge is 0.396 e.